The van der Waals surface area contributed by atoms with Crippen molar-refractivity contribution in [3.8, 4) is 11.4 Å². The van der Waals surface area contributed by atoms with Gasteiger partial charge in [0.05, 0.1) is 25.0 Å². The molecule has 2 heterocycles. The molecule has 1 fully saturated rings. The minimum atomic E-state index is 0. The van der Waals surface area contributed by atoms with E-state index >= 15 is 0 Å². The Bertz CT molecular complexity index is 651. The number of nitrogens with zero attached hydrogens (tertiary/aromatic N) is 2. The molecule has 1 aromatic heterocycles. The van der Waals surface area contributed by atoms with Crippen molar-refractivity contribution in [1.82, 2.24) is 20.4 Å². The molecular weight excluding hydrogens is 328 g/mol. The molecule has 0 spiro atoms. The zero-order chi connectivity index (χ0) is 16.1. The third-order valence-corrected chi connectivity index (χ3v) is 4.13. The predicted octanol–water partition coefficient (Wildman–Crippen LogP) is 1.92. The summed E-state index contributed by atoms with van der Waals surface area (Å²) < 4.78 is 6.95. The van der Waals surface area contributed by atoms with Gasteiger partial charge in [0, 0.05) is 12.1 Å². The molecular formula is C17H23ClN4O2. The molecule has 1 aliphatic heterocycles. The largest absolute Gasteiger partial charge is 0.497 e. The number of benzene rings is 1. The number of carbonyl (C=O) groups is 1. The van der Waals surface area contributed by atoms with E-state index in [1.165, 1.54) is 0 Å². The summed E-state index contributed by atoms with van der Waals surface area (Å²) in [5.41, 5.74) is 1.81. The van der Waals surface area contributed by atoms with Crippen molar-refractivity contribution in [1.29, 1.82) is 0 Å². The first kappa shape index (κ1) is 18.3. The van der Waals surface area contributed by atoms with E-state index < -0.39 is 0 Å². The normalized spacial score (nSPS) is 14.7. The van der Waals surface area contributed by atoms with Crippen LogP contribution < -0.4 is 15.4 Å². The number of hydrogen-bond donors (Lipinski definition) is 2. The number of amides is 1. The molecule has 0 atom stereocenters. The van der Waals surface area contributed by atoms with Crippen LogP contribution in [0.5, 0.6) is 5.75 Å². The van der Waals surface area contributed by atoms with E-state index in [4.69, 9.17) is 4.74 Å². The van der Waals surface area contributed by atoms with Gasteiger partial charge in [-0.25, -0.2) is 4.68 Å². The maximum atomic E-state index is 12.1. The van der Waals surface area contributed by atoms with Crippen LogP contribution in [0.15, 0.2) is 36.5 Å². The minimum absolute atomic E-state index is 0. The number of methoxy groups -OCH3 is 1. The molecule has 1 aromatic carbocycles. The van der Waals surface area contributed by atoms with Gasteiger partial charge in [0.2, 0.25) is 5.91 Å². The van der Waals surface area contributed by atoms with Crippen LogP contribution in [-0.2, 0) is 11.3 Å². The fourth-order valence-corrected chi connectivity index (χ4v) is 2.74. The molecule has 7 heteroatoms. The Balaban J connectivity index is 0.00000208. The maximum Gasteiger partial charge on any atom is 0.223 e. The lowest BCUT2D eigenvalue weighted by atomic mass is 9.97. The Morgan fingerprint density at radius 3 is 2.67 bits per heavy atom. The Kier molecular flexibility index (Phi) is 6.63. The van der Waals surface area contributed by atoms with Crippen molar-refractivity contribution in [2.24, 2.45) is 5.92 Å². The molecule has 1 aliphatic rings. The van der Waals surface area contributed by atoms with E-state index in [-0.39, 0.29) is 24.2 Å². The number of nitrogens with one attached hydrogen (secondary N) is 2. The molecule has 0 unspecified atom stereocenters. The number of carbonyl (C=O) groups excluding carboxylic acids is 1. The van der Waals surface area contributed by atoms with Crippen molar-refractivity contribution in [2.75, 3.05) is 20.2 Å². The van der Waals surface area contributed by atoms with E-state index in [2.05, 4.69) is 15.7 Å². The molecule has 2 N–H and O–H groups in total. The van der Waals surface area contributed by atoms with Crippen molar-refractivity contribution in [3.05, 3.63) is 42.2 Å². The van der Waals surface area contributed by atoms with Gasteiger partial charge in [0.25, 0.3) is 0 Å². The summed E-state index contributed by atoms with van der Waals surface area (Å²) in [7, 11) is 1.64. The smallest absolute Gasteiger partial charge is 0.223 e. The lowest BCUT2D eigenvalue weighted by Gasteiger charge is -2.21. The summed E-state index contributed by atoms with van der Waals surface area (Å²) in [5, 5.41) is 10.8. The SMILES string of the molecule is COc1ccc(-n2ccc(CNC(=O)C3CCNCC3)n2)cc1.Cl. The average molecular weight is 351 g/mol. The van der Waals surface area contributed by atoms with Crippen molar-refractivity contribution in [2.45, 2.75) is 19.4 Å². The van der Waals surface area contributed by atoms with Crippen LogP contribution in [0.3, 0.4) is 0 Å². The van der Waals surface area contributed by atoms with Gasteiger partial charge in [-0.2, -0.15) is 5.10 Å². The van der Waals surface area contributed by atoms with Crippen molar-refractivity contribution in [3.63, 3.8) is 0 Å². The first-order valence-corrected chi connectivity index (χ1v) is 7.93. The molecule has 130 valence electrons. The number of rotatable bonds is 5. The molecule has 0 bridgehead atoms. The van der Waals surface area contributed by atoms with E-state index in [0.29, 0.717) is 6.54 Å². The summed E-state index contributed by atoms with van der Waals surface area (Å²) in [5.74, 6) is 1.07. The topological polar surface area (TPSA) is 68.2 Å². The monoisotopic (exact) mass is 350 g/mol. The van der Waals surface area contributed by atoms with Gasteiger partial charge in [-0.1, -0.05) is 0 Å². The highest BCUT2D eigenvalue weighted by atomic mass is 35.5. The van der Waals surface area contributed by atoms with Crippen LogP contribution in [-0.4, -0.2) is 35.9 Å². The highest BCUT2D eigenvalue weighted by Crippen LogP contribution is 2.15. The van der Waals surface area contributed by atoms with Gasteiger partial charge in [-0.05, 0) is 56.3 Å². The molecule has 0 aliphatic carbocycles. The summed E-state index contributed by atoms with van der Waals surface area (Å²) >= 11 is 0. The number of hydrogen-bond acceptors (Lipinski definition) is 4. The summed E-state index contributed by atoms with van der Waals surface area (Å²) in [6, 6.07) is 9.62. The molecule has 1 saturated heterocycles. The summed E-state index contributed by atoms with van der Waals surface area (Å²) in [4.78, 5) is 12.1. The summed E-state index contributed by atoms with van der Waals surface area (Å²) in [6.07, 6.45) is 3.71. The van der Waals surface area contributed by atoms with Gasteiger partial charge in [-0.15, -0.1) is 12.4 Å². The molecule has 1 amide bonds. The minimum Gasteiger partial charge on any atom is -0.497 e. The Morgan fingerprint density at radius 1 is 1.29 bits per heavy atom. The third kappa shape index (κ3) is 4.49. The maximum absolute atomic E-state index is 12.1. The second-order valence-corrected chi connectivity index (χ2v) is 5.69. The summed E-state index contributed by atoms with van der Waals surface area (Å²) in [6.45, 7) is 2.31. The van der Waals surface area contributed by atoms with E-state index in [9.17, 15) is 4.79 Å². The highest BCUT2D eigenvalue weighted by molar-refractivity contribution is 5.85. The molecule has 0 saturated carbocycles. The first-order chi connectivity index (χ1) is 11.3. The van der Waals surface area contributed by atoms with E-state index in [1.807, 2.05) is 36.5 Å². The Labute approximate surface area is 148 Å². The lowest BCUT2D eigenvalue weighted by molar-refractivity contribution is -0.125. The Morgan fingerprint density at radius 2 is 2.00 bits per heavy atom. The van der Waals surface area contributed by atoms with Crippen LogP contribution in [0.1, 0.15) is 18.5 Å². The van der Waals surface area contributed by atoms with Crippen molar-refractivity contribution >= 4 is 18.3 Å². The lowest BCUT2D eigenvalue weighted by Crippen LogP contribution is -2.37. The van der Waals surface area contributed by atoms with Crippen molar-refractivity contribution < 1.29 is 9.53 Å². The fraction of sp³-hybridized carbons (Fsp3) is 0.412. The van der Waals surface area contributed by atoms with E-state index in [0.717, 1.165) is 43.1 Å². The standard InChI is InChI=1S/C17H22N4O2.ClH/c1-23-16-4-2-15(3-5-16)21-11-8-14(20-21)12-19-17(22)13-6-9-18-10-7-13;/h2-5,8,11,13,18H,6-7,9-10,12H2,1H3,(H,19,22);1H. The highest BCUT2D eigenvalue weighted by Gasteiger charge is 2.20. The predicted molar refractivity (Wildman–Crippen MR) is 94.8 cm³/mol. The molecule has 2 aromatic rings. The number of halogens is 1. The van der Waals surface area contributed by atoms with Gasteiger partial charge >= 0.3 is 0 Å². The second kappa shape index (κ2) is 8.70. The second-order valence-electron chi connectivity index (χ2n) is 5.69. The van der Waals surface area contributed by atoms with Crippen LogP contribution in [0, 0.1) is 5.92 Å². The molecule has 24 heavy (non-hydrogen) atoms. The van der Waals surface area contributed by atoms with Gasteiger partial charge in [0.1, 0.15) is 5.75 Å². The number of piperidine rings is 1. The third-order valence-electron chi connectivity index (χ3n) is 4.13. The number of ether oxygens (including phenoxy) is 1. The van der Waals surface area contributed by atoms with Gasteiger partial charge < -0.3 is 15.4 Å². The van der Waals surface area contributed by atoms with Crippen LogP contribution in [0.4, 0.5) is 0 Å². The fourth-order valence-electron chi connectivity index (χ4n) is 2.74. The Hall–Kier alpha value is -2.05. The zero-order valence-electron chi connectivity index (χ0n) is 13.7. The molecule has 6 nitrogen and oxygen atoms in total. The van der Waals surface area contributed by atoms with Crippen LogP contribution >= 0.6 is 12.4 Å². The van der Waals surface area contributed by atoms with E-state index in [1.54, 1.807) is 11.8 Å². The van der Waals surface area contributed by atoms with Crippen LogP contribution in [0.2, 0.25) is 0 Å². The van der Waals surface area contributed by atoms with Gasteiger partial charge in [-0.3, -0.25) is 4.79 Å². The zero-order valence-corrected chi connectivity index (χ0v) is 14.5. The molecule has 3 rings (SSSR count). The number of aromatic nitrogens is 2. The quantitative estimate of drug-likeness (QED) is 0.864. The molecule has 0 radical (unpaired) electrons. The first-order valence-electron chi connectivity index (χ1n) is 7.93. The average Bonchev–Trinajstić information content (AvgIpc) is 3.09. The van der Waals surface area contributed by atoms with Gasteiger partial charge in [0.15, 0.2) is 0 Å². The van der Waals surface area contributed by atoms with Crippen LogP contribution in [0.25, 0.3) is 5.69 Å².